The van der Waals surface area contributed by atoms with E-state index < -0.39 is 0 Å². The standard InChI is InChI=1S/C15H22BrN3O/c1-12-3-4-13(11-14(12)16)17-15(20)5-6-19-9-7-18(2)8-10-19/h3-4,11H,5-10H2,1-2H3,(H,17,20)/p+2. The second kappa shape index (κ2) is 7.20. The van der Waals surface area contributed by atoms with Crippen molar-refractivity contribution >= 4 is 27.5 Å². The van der Waals surface area contributed by atoms with Gasteiger partial charge < -0.3 is 15.1 Å². The van der Waals surface area contributed by atoms with Crippen molar-refractivity contribution in [3.05, 3.63) is 28.2 Å². The highest BCUT2D eigenvalue weighted by Crippen LogP contribution is 2.20. The summed E-state index contributed by atoms with van der Waals surface area (Å²) in [6, 6.07) is 5.91. The molecule has 5 heteroatoms. The van der Waals surface area contributed by atoms with Gasteiger partial charge >= 0.3 is 0 Å². The van der Waals surface area contributed by atoms with Crippen LogP contribution in [0.5, 0.6) is 0 Å². The zero-order chi connectivity index (χ0) is 14.5. The predicted octanol–water partition coefficient (Wildman–Crippen LogP) is -0.501. The van der Waals surface area contributed by atoms with Crippen molar-refractivity contribution in [3.63, 3.8) is 0 Å². The van der Waals surface area contributed by atoms with Crippen LogP contribution in [0.15, 0.2) is 22.7 Å². The first-order valence-corrected chi connectivity index (χ1v) is 8.05. The molecule has 3 N–H and O–H groups in total. The van der Waals surface area contributed by atoms with Crippen molar-refractivity contribution in [1.82, 2.24) is 0 Å². The molecule has 110 valence electrons. The van der Waals surface area contributed by atoms with Gasteiger partial charge in [-0.1, -0.05) is 22.0 Å². The number of aryl methyl sites for hydroxylation is 1. The lowest BCUT2D eigenvalue weighted by Crippen LogP contribution is -3.27. The number of halogens is 1. The van der Waals surface area contributed by atoms with Gasteiger partial charge in [0.15, 0.2) is 0 Å². The molecule has 1 fully saturated rings. The van der Waals surface area contributed by atoms with Crippen LogP contribution >= 0.6 is 15.9 Å². The highest BCUT2D eigenvalue weighted by atomic mass is 79.9. The average molecular weight is 342 g/mol. The summed E-state index contributed by atoms with van der Waals surface area (Å²) in [6.45, 7) is 7.74. The molecule has 0 spiro atoms. The fourth-order valence-corrected chi connectivity index (χ4v) is 2.84. The number of piperazine rings is 1. The Bertz CT molecular complexity index is 470. The van der Waals surface area contributed by atoms with E-state index in [0.717, 1.165) is 16.7 Å². The molecule has 2 rings (SSSR count). The maximum absolute atomic E-state index is 12.0. The van der Waals surface area contributed by atoms with Crippen LogP contribution in [0.4, 0.5) is 5.69 Å². The molecule has 1 heterocycles. The number of carbonyl (C=O) groups is 1. The van der Waals surface area contributed by atoms with Gasteiger partial charge in [0.1, 0.15) is 26.2 Å². The molecule has 1 amide bonds. The minimum absolute atomic E-state index is 0.111. The van der Waals surface area contributed by atoms with Crippen LogP contribution in [-0.2, 0) is 4.79 Å². The van der Waals surface area contributed by atoms with Crippen LogP contribution in [0.2, 0.25) is 0 Å². The molecule has 0 saturated carbocycles. The number of hydrogen-bond acceptors (Lipinski definition) is 1. The van der Waals surface area contributed by atoms with Crippen LogP contribution in [0, 0.1) is 6.92 Å². The van der Waals surface area contributed by atoms with E-state index in [1.54, 1.807) is 9.80 Å². The first kappa shape index (κ1) is 15.5. The predicted molar refractivity (Wildman–Crippen MR) is 84.3 cm³/mol. The lowest BCUT2D eigenvalue weighted by atomic mass is 10.2. The smallest absolute Gasteiger partial charge is 0.230 e. The first-order chi connectivity index (χ1) is 9.54. The van der Waals surface area contributed by atoms with E-state index >= 15 is 0 Å². The number of quaternary nitrogens is 2. The molecule has 20 heavy (non-hydrogen) atoms. The molecule has 1 aliphatic rings. The van der Waals surface area contributed by atoms with Gasteiger partial charge in [0, 0.05) is 10.2 Å². The molecule has 0 atom stereocenters. The van der Waals surface area contributed by atoms with Crippen LogP contribution < -0.4 is 15.1 Å². The number of rotatable bonds is 4. The minimum Gasteiger partial charge on any atom is -0.328 e. The van der Waals surface area contributed by atoms with Gasteiger partial charge in [-0.2, -0.15) is 0 Å². The summed E-state index contributed by atoms with van der Waals surface area (Å²) in [5.41, 5.74) is 2.04. The van der Waals surface area contributed by atoms with Crippen molar-refractivity contribution in [2.45, 2.75) is 13.3 Å². The molecular formula is C15H24BrN3O+2. The third-order valence-electron chi connectivity index (χ3n) is 3.97. The summed E-state index contributed by atoms with van der Waals surface area (Å²) in [5, 5.41) is 2.97. The molecule has 1 aromatic carbocycles. The van der Waals surface area contributed by atoms with E-state index in [1.165, 1.54) is 31.7 Å². The van der Waals surface area contributed by atoms with Crippen LogP contribution in [0.25, 0.3) is 0 Å². The Morgan fingerprint density at radius 1 is 1.30 bits per heavy atom. The third kappa shape index (κ3) is 4.58. The lowest BCUT2D eigenvalue weighted by Gasteiger charge is -2.27. The van der Waals surface area contributed by atoms with E-state index in [-0.39, 0.29) is 5.91 Å². The van der Waals surface area contributed by atoms with Gasteiger partial charge in [-0.15, -0.1) is 0 Å². The largest absolute Gasteiger partial charge is 0.328 e. The number of anilines is 1. The Labute approximate surface area is 129 Å². The van der Waals surface area contributed by atoms with Crippen molar-refractivity contribution in [2.75, 3.05) is 45.1 Å². The Hall–Kier alpha value is -0.910. The summed E-state index contributed by atoms with van der Waals surface area (Å²) in [6.07, 6.45) is 0.597. The number of nitrogens with one attached hydrogen (secondary N) is 3. The Kier molecular flexibility index (Phi) is 5.57. The maximum Gasteiger partial charge on any atom is 0.230 e. The summed E-state index contributed by atoms with van der Waals surface area (Å²) in [4.78, 5) is 15.1. The highest BCUT2D eigenvalue weighted by molar-refractivity contribution is 9.10. The Balaban J connectivity index is 1.76. The lowest BCUT2D eigenvalue weighted by molar-refractivity contribution is -1.00. The summed E-state index contributed by atoms with van der Waals surface area (Å²) in [5.74, 6) is 0.111. The molecule has 0 radical (unpaired) electrons. The number of likely N-dealkylation sites (N-methyl/N-ethyl adjacent to an activating group) is 1. The first-order valence-electron chi connectivity index (χ1n) is 7.25. The normalized spacial score (nSPS) is 22.6. The molecule has 0 aromatic heterocycles. The van der Waals surface area contributed by atoms with E-state index in [2.05, 4.69) is 28.3 Å². The summed E-state index contributed by atoms with van der Waals surface area (Å²) < 4.78 is 1.03. The SMILES string of the molecule is Cc1ccc(NC(=O)CC[NH+]2CC[NH+](C)CC2)cc1Br. The molecular weight excluding hydrogens is 318 g/mol. The third-order valence-corrected chi connectivity index (χ3v) is 4.83. The van der Waals surface area contributed by atoms with Crippen LogP contribution in [-0.4, -0.2) is 45.7 Å². The number of carbonyl (C=O) groups excluding carboxylic acids is 1. The van der Waals surface area contributed by atoms with Crippen LogP contribution in [0.1, 0.15) is 12.0 Å². The minimum atomic E-state index is 0.111. The number of hydrogen-bond donors (Lipinski definition) is 3. The molecule has 0 aliphatic carbocycles. The van der Waals surface area contributed by atoms with Crippen molar-refractivity contribution < 1.29 is 14.6 Å². The monoisotopic (exact) mass is 341 g/mol. The van der Waals surface area contributed by atoms with Crippen molar-refractivity contribution in [1.29, 1.82) is 0 Å². The molecule has 4 nitrogen and oxygen atoms in total. The molecule has 1 saturated heterocycles. The molecule has 1 aromatic rings. The molecule has 0 unspecified atom stereocenters. The zero-order valence-corrected chi connectivity index (χ0v) is 13.8. The zero-order valence-electron chi connectivity index (χ0n) is 12.3. The fraction of sp³-hybridized carbons (Fsp3) is 0.533. The second-order valence-corrected chi connectivity index (χ2v) is 6.57. The summed E-state index contributed by atoms with van der Waals surface area (Å²) >= 11 is 3.49. The maximum atomic E-state index is 12.0. The van der Waals surface area contributed by atoms with Gasteiger partial charge in [0.2, 0.25) is 5.91 Å². The Morgan fingerprint density at radius 3 is 2.65 bits per heavy atom. The quantitative estimate of drug-likeness (QED) is 0.678. The summed E-state index contributed by atoms with van der Waals surface area (Å²) in [7, 11) is 2.23. The van der Waals surface area contributed by atoms with Gasteiger partial charge in [-0.3, -0.25) is 4.79 Å². The van der Waals surface area contributed by atoms with E-state index in [0.29, 0.717) is 6.42 Å². The topological polar surface area (TPSA) is 38.0 Å². The highest BCUT2D eigenvalue weighted by Gasteiger charge is 2.20. The second-order valence-electron chi connectivity index (χ2n) is 5.72. The van der Waals surface area contributed by atoms with E-state index in [1.807, 2.05) is 25.1 Å². The molecule has 1 aliphatic heterocycles. The number of benzene rings is 1. The molecule has 0 bridgehead atoms. The average Bonchev–Trinajstić information content (AvgIpc) is 2.42. The van der Waals surface area contributed by atoms with Crippen LogP contribution in [0.3, 0.4) is 0 Å². The fourth-order valence-electron chi connectivity index (χ4n) is 2.46. The van der Waals surface area contributed by atoms with E-state index in [9.17, 15) is 4.79 Å². The van der Waals surface area contributed by atoms with E-state index in [4.69, 9.17) is 0 Å². The van der Waals surface area contributed by atoms with Gasteiger partial charge in [0.05, 0.1) is 20.0 Å². The van der Waals surface area contributed by atoms with Gasteiger partial charge in [-0.05, 0) is 24.6 Å². The van der Waals surface area contributed by atoms with Gasteiger partial charge in [0.25, 0.3) is 0 Å². The number of amides is 1. The van der Waals surface area contributed by atoms with Crippen molar-refractivity contribution in [2.24, 2.45) is 0 Å². The van der Waals surface area contributed by atoms with Crippen molar-refractivity contribution in [3.8, 4) is 0 Å². The Morgan fingerprint density at radius 2 is 2.00 bits per heavy atom. The van der Waals surface area contributed by atoms with Gasteiger partial charge in [-0.25, -0.2) is 0 Å².